The lowest BCUT2D eigenvalue weighted by molar-refractivity contribution is -0.118. The number of nitrogens with zero attached hydrogens (tertiary/aromatic N) is 1. The predicted octanol–water partition coefficient (Wildman–Crippen LogP) is 5.74. The average Bonchev–Trinajstić information content (AvgIpc) is 3.17. The van der Waals surface area contributed by atoms with Crippen LogP contribution in [0.2, 0.25) is 0 Å². The molecule has 3 aromatic carbocycles. The van der Waals surface area contributed by atoms with Gasteiger partial charge < -0.3 is 5.32 Å². The maximum Gasteiger partial charge on any atom is 0.238 e. The van der Waals surface area contributed by atoms with Crippen LogP contribution in [-0.4, -0.2) is 17.6 Å². The smallest absolute Gasteiger partial charge is 0.238 e. The number of carbonyl (C=O) groups excluding carboxylic acids is 2. The van der Waals surface area contributed by atoms with E-state index >= 15 is 0 Å². The van der Waals surface area contributed by atoms with Gasteiger partial charge in [-0.2, -0.15) is 0 Å². The van der Waals surface area contributed by atoms with E-state index in [-0.39, 0.29) is 28.9 Å². The van der Waals surface area contributed by atoms with E-state index in [9.17, 15) is 14.0 Å². The number of anilines is 2. The molecule has 4 rings (SSSR count). The molecule has 1 heterocycles. The minimum Gasteiger partial charge on any atom is -0.326 e. The van der Waals surface area contributed by atoms with E-state index in [1.807, 2.05) is 61.5 Å². The first kappa shape index (κ1) is 21.1. The zero-order chi connectivity index (χ0) is 21.8. The molecule has 1 fully saturated rings. The summed E-state index contributed by atoms with van der Waals surface area (Å²) in [4.78, 5) is 26.9. The van der Waals surface area contributed by atoms with Gasteiger partial charge in [0.05, 0.1) is 11.7 Å². The van der Waals surface area contributed by atoms with Crippen molar-refractivity contribution in [2.45, 2.75) is 24.6 Å². The van der Waals surface area contributed by atoms with E-state index in [2.05, 4.69) is 5.32 Å². The summed E-state index contributed by atoms with van der Waals surface area (Å²) in [7, 11) is 0. The molecule has 0 aromatic heterocycles. The molecule has 4 nitrogen and oxygen atoms in total. The minimum absolute atomic E-state index is 0.0479. The normalized spacial score (nSPS) is 16.9. The van der Waals surface area contributed by atoms with Crippen molar-refractivity contribution < 1.29 is 14.0 Å². The van der Waals surface area contributed by atoms with Gasteiger partial charge in [0.15, 0.2) is 0 Å². The number of benzene rings is 3. The van der Waals surface area contributed by atoms with Crippen molar-refractivity contribution in [2.24, 2.45) is 0 Å². The molecule has 31 heavy (non-hydrogen) atoms. The molecular weight excluding hydrogens is 411 g/mol. The van der Waals surface area contributed by atoms with Crippen LogP contribution in [0.25, 0.3) is 0 Å². The molecule has 0 spiro atoms. The number of nitrogens with one attached hydrogen (secondary N) is 1. The summed E-state index contributed by atoms with van der Waals surface area (Å²) in [5.41, 5.74) is 3.17. The van der Waals surface area contributed by atoms with Crippen LogP contribution < -0.4 is 10.2 Å². The Morgan fingerprint density at radius 3 is 2.52 bits per heavy atom. The number of rotatable bonds is 6. The maximum absolute atomic E-state index is 13.7. The fraction of sp³-hybridized carbons (Fsp3) is 0.200. The largest absolute Gasteiger partial charge is 0.326 e. The van der Waals surface area contributed by atoms with Crippen molar-refractivity contribution in [3.8, 4) is 0 Å². The number of amides is 2. The number of halogens is 1. The maximum atomic E-state index is 13.7. The van der Waals surface area contributed by atoms with Gasteiger partial charge in [-0.3, -0.25) is 14.5 Å². The second-order valence-electron chi connectivity index (χ2n) is 7.39. The van der Waals surface area contributed by atoms with Crippen molar-refractivity contribution in [3.63, 3.8) is 0 Å². The third kappa shape index (κ3) is 4.64. The second kappa shape index (κ2) is 9.35. The van der Waals surface area contributed by atoms with E-state index < -0.39 is 0 Å². The van der Waals surface area contributed by atoms with Crippen molar-refractivity contribution in [2.75, 3.05) is 16.0 Å². The highest BCUT2D eigenvalue weighted by atomic mass is 32.2. The summed E-state index contributed by atoms with van der Waals surface area (Å²) in [5, 5.41) is 2.76. The van der Waals surface area contributed by atoms with Gasteiger partial charge in [-0.15, -0.1) is 11.8 Å². The Kier molecular flexibility index (Phi) is 6.37. The molecule has 158 valence electrons. The molecular formula is C25H23FN2O2S. The molecule has 0 aliphatic carbocycles. The van der Waals surface area contributed by atoms with Gasteiger partial charge in [0.1, 0.15) is 11.2 Å². The van der Waals surface area contributed by atoms with Gasteiger partial charge in [-0.1, -0.05) is 55.5 Å². The molecule has 0 unspecified atom stereocenters. The zero-order valence-electron chi connectivity index (χ0n) is 17.1. The predicted molar refractivity (Wildman–Crippen MR) is 124 cm³/mol. The van der Waals surface area contributed by atoms with Crippen LogP contribution in [0.3, 0.4) is 0 Å². The van der Waals surface area contributed by atoms with Crippen LogP contribution in [0.4, 0.5) is 15.8 Å². The Morgan fingerprint density at radius 1 is 1.10 bits per heavy atom. The summed E-state index contributed by atoms with van der Waals surface area (Å²) in [6.45, 7) is 2.00. The molecule has 1 N–H and O–H groups in total. The summed E-state index contributed by atoms with van der Waals surface area (Å²) in [5.74, 6) is -0.343. The molecule has 0 bridgehead atoms. The summed E-state index contributed by atoms with van der Waals surface area (Å²) >= 11 is 1.50. The molecule has 3 aromatic rings. The average molecular weight is 435 g/mol. The standard InChI is InChI=1S/C25H23FN2O2S/c1-2-22(17-7-4-3-5-8-17)24(30)27-20-13-11-18(12-14-20)25-28(23(29)16-31-25)21-10-6-9-19(26)15-21/h3-15,22,25H,2,16H2,1H3,(H,27,30)/t22-,25-/m1/s1. The SMILES string of the molecule is CC[C@@H](C(=O)Nc1ccc([C@H]2SCC(=O)N2c2cccc(F)c2)cc1)c1ccccc1. The Balaban J connectivity index is 1.50. The Labute approximate surface area is 185 Å². The van der Waals surface area contributed by atoms with Gasteiger partial charge in [-0.05, 0) is 47.9 Å². The fourth-order valence-corrected chi connectivity index (χ4v) is 4.97. The highest BCUT2D eigenvalue weighted by Gasteiger charge is 2.34. The Bertz CT molecular complexity index is 1070. The van der Waals surface area contributed by atoms with Crippen molar-refractivity contribution in [1.29, 1.82) is 0 Å². The van der Waals surface area contributed by atoms with Gasteiger partial charge in [-0.25, -0.2) is 4.39 Å². The monoisotopic (exact) mass is 434 g/mol. The lowest BCUT2D eigenvalue weighted by Crippen LogP contribution is -2.27. The van der Waals surface area contributed by atoms with Crippen LogP contribution >= 0.6 is 11.8 Å². The molecule has 1 aliphatic rings. The van der Waals surface area contributed by atoms with Crippen LogP contribution in [0.15, 0.2) is 78.9 Å². The Hall–Kier alpha value is -3.12. The molecule has 0 saturated carbocycles. The fourth-order valence-electron chi connectivity index (χ4n) is 3.79. The quantitative estimate of drug-likeness (QED) is 0.538. The van der Waals surface area contributed by atoms with E-state index in [0.717, 1.165) is 11.1 Å². The van der Waals surface area contributed by atoms with E-state index in [0.29, 0.717) is 23.5 Å². The zero-order valence-corrected chi connectivity index (χ0v) is 17.9. The van der Waals surface area contributed by atoms with Gasteiger partial charge in [0.2, 0.25) is 11.8 Å². The van der Waals surface area contributed by atoms with Crippen molar-refractivity contribution in [1.82, 2.24) is 0 Å². The van der Waals surface area contributed by atoms with Crippen LogP contribution in [0, 0.1) is 5.82 Å². The second-order valence-corrected chi connectivity index (χ2v) is 8.46. The van der Waals surface area contributed by atoms with E-state index in [4.69, 9.17) is 0 Å². The lowest BCUT2D eigenvalue weighted by Gasteiger charge is -2.24. The molecule has 0 radical (unpaired) electrons. The highest BCUT2D eigenvalue weighted by molar-refractivity contribution is 8.00. The third-order valence-electron chi connectivity index (χ3n) is 5.34. The first-order chi connectivity index (χ1) is 15.1. The van der Waals surface area contributed by atoms with Gasteiger partial charge in [0.25, 0.3) is 0 Å². The molecule has 2 amide bonds. The summed E-state index contributed by atoms with van der Waals surface area (Å²) in [6, 6.07) is 23.3. The van der Waals surface area contributed by atoms with E-state index in [1.54, 1.807) is 17.0 Å². The molecule has 6 heteroatoms. The highest BCUT2D eigenvalue weighted by Crippen LogP contribution is 2.42. The summed E-state index contributed by atoms with van der Waals surface area (Å²) in [6.07, 6.45) is 0.706. The topological polar surface area (TPSA) is 49.4 Å². The number of thioether (sulfide) groups is 1. The van der Waals surface area contributed by atoms with Gasteiger partial charge >= 0.3 is 0 Å². The minimum atomic E-state index is -0.372. The first-order valence-corrected chi connectivity index (χ1v) is 11.3. The Morgan fingerprint density at radius 2 is 1.84 bits per heavy atom. The number of carbonyl (C=O) groups is 2. The first-order valence-electron chi connectivity index (χ1n) is 10.2. The van der Waals surface area contributed by atoms with Crippen LogP contribution in [0.5, 0.6) is 0 Å². The summed E-state index contributed by atoms with van der Waals surface area (Å²) < 4.78 is 13.7. The third-order valence-corrected chi connectivity index (χ3v) is 6.56. The molecule has 2 atom stereocenters. The van der Waals surface area contributed by atoms with Crippen molar-refractivity contribution >= 4 is 35.0 Å². The van der Waals surface area contributed by atoms with Crippen LogP contribution in [-0.2, 0) is 9.59 Å². The molecule has 1 aliphatic heterocycles. The van der Waals surface area contributed by atoms with Gasteiger partial charge in [0, 0.05) is 11.4 Å². The number of hydrogen-bond donors (Lipinski definition) is 1. The lowest BCUT2D eigenvalue weighted by atomic mass is 9.95. The van der Waals surface area contributed by atoms with E-state index in [1.165, 1.54) is 23.9 Å². The molecule has 1 saturated heterocycles. The van der Waals surface area contributed by atoms with Crippen molar-refractivity contribution in [3.05, 3.63) is 95.8 Å². The number of hydrogen-bond acceptors (Lipinski definition) is 3. The van der Waals surface area contributed by atoms with Crippen LogP contribution in [0.1, 0.15) is 35.8 Å².